The van der Waals surface area contributed by atoms with E-state index in [1.807, 2.05) is 0 Å². The van der Waals surface area contributed by atoms with Gasteiger partial charge in [-0.15, -0.1) is 0 Å². The summed E-state index contributed by atoms with van der Waals surface area (Å²) in [7, 11) is 1.55. The van der Waals surface area contributed by atoms with Gasteiger partial charge in [-0.2, -0.15) is 0 Å². The largest absolute Gasteiger partial charge is 0.436 e. The first kappa shape index (κ1) is 12.3. The van der Waals surface area contributed by atoms with Crippen LogP contribution < -0.4 is 0 Å². The van der Waals surface area contributed by atoms with Gasteiger partial charge in [0.15, 0.2) is 12.4 Å². The van der Waals surface area contributed by atoms with Gasteiger partial charge < -0.3 is 19.3 Å². The molecule has 13 heavy (non-hydrogen) atoms. The van der Waals surface area contributed by atoms with Gasteiger partial charge in [-0.05, 0) is 13.8 Å². The molecule has 0 radical (unpaired) electrons. The van der Waals surface area contributed by atoms with E-state index in [1.54, 1.807) is 7.11 Å². The number of hydrogen-bond acceptors (Lipinski definition) is 5. The minimum Gasteiger partial charge on any atom is -0.436 e. The fourth-order valence-corrected chi connectivity index (χ4v) is 0.473. The molecule has 0 fully saturated rings. The number of carbonyl (C=O) groups excluding carboxylic acids is 1. The number of carbonyl (C=O) groups is 1. The van der Waals surface area contributed by atoms with Gasteiger partial charge in [0.25, 0.3) is 0 Å². The summed E-state index contributed by atoms with van der Waals surface area (Å²) in [6.07, 6.45) is 0. The number of esters is 1. The van der Waals surface area contributed by atoms with Crippen LogP contribution >= 0.6 is 0 Å². The normalized spacial score (nSPS) is 11.4. The van der Waals surface area contributed by atoms with E-state index in [0.717, 1.165) is 0 Å². The zero-order chi connectivity index (χ0) is 10.3. The Bertz CT molecular complexity index is 149. The zero-order valence-electron chi connectivity index (χ0n) is 8.20. The Hall–Kier alpha value is -0.650. The summed E-state index contributed by atoms with van der Waals surface area (Å²) >= 11 is 0. The number of hydrogen-bond donors (Lipinski definition) is 1. The van der Waals surface area contributed by atoms with Gasteiger partial charge in [-0.3, -0.25) is 0 Å². The highest BCUT2D eigenvalue weighted by atomic mass is 16.7. The molecule has 0 aliphatic rings. The van der Waals surface area contributed by atoms with E-state index in [2.05, 4.69) is 4.74 Å². The van der Waals surface area contributed by atoms with Crippen LogP contribution in [0.2, 0.25) is 0 Å². The number of methoxy groups -OCH3 is 1. The molecule has 0 aromatic heterocycles. The molecule has 0 atom stereocenters. The van der Waals surface area contributed by atoms with Gasteiger partial charge >= 0.3 is 5.97 Å². The first-order valence-corrected chi connectivity index (χ1v) is 3.94. The second-order valence-corrected chi connectivity index (χ2v) is 3.01. The van der Waals surface area contributed by atoms with E-state index < -0.39 is 11.6 Å². The molecule has 5 heteroatoms. The van der Waals surface area contributed by atoms with E-state index in [4.69, 9.17) is 14.6 Å². The van der Waals surface area contributed by atoms with Crippen LogP contribution in [0.25, 0.3) is 0 Å². The van der Waals surface area contributed by atoms with Gasteiger partial charge in [0.1, 0.15) is 0 Å². The average Bonchev–Trinajstić information content (AvgIpc) is 2.02. The van der Waals surface area contributed by atoms with Crippen molar-refractivity contribution in [3.05, 3.63) is 0 Å². The van der Waals surface area contributed by atoms with Crippen molar-refractivity contribution in [2.45, 2.75) is 19.4 Å². The molecule has 0 bridgehead atoms. The molecule has 0 heterocycles. The van der Waals surface area contributed by atoms with Crippen LogP contribution in [0.5, 0.6) is 0 Å². The molecule has 78 valence electrons. The first-order chi connectivity index (χ1) is 5.98. The van der Waals surface area contributed by atoms with Gasteiger partial charge in [0.05, 0.1) is 13.2 Å². The molecule has 0 aromatic rings. The Kier molecular flexibility index (Phi) is 5.61. The Morgan fingerprint density at radius 2 is 2.00 bits per heavy atom. The fraction of sp³-hybridized carbons (Fsp3) is 0.875. The molecule has 0 aliphatic heterocycles. The quantitative estimate of drug-likeness (QED) is 0.362. The third-order valence-corrected chi connectivity index (χ3v) is 1.20. The molecule has 0 aliphatic carbocycles. The molecule has 5 nitrogen and oxygen atoms in total. The van der Waals surface area contributed by atoms with Gasteiger partial charge in [0, 0.05) is 7.11 Å². The highest BCUT2D eigenvalue weighted by Crippen LogP contribution is 2.03. The molecule has 0 saturated carbocycles. The Morgan fingerprint density at radius 1 is 1.38 bits per heavy atom. The van der Waals surface area contributed by atoms with Crippen molar-refractivity contribution in [2.75, 3.05) is 27.1 Å². The third-order valence-electron chi connectivity index (χ3n) is 1.20. The summed E-state index contributed by atoms with van der Waals surface area (Å²) in [5.74, 6) is -0.704. The van der Waals surface area contributed by atoms with Crippen LogP contribution in [0.4, 0.5) is 0 Å². The Balaban J connectivity index is 3.38. The SMILES string of the molecule is COCCOCOC(=O)C(C)(C)O. The first-order valence-electron chi connectivity index (χ1n) is 3.94. The highest BCUT2D eigenvalue weighted by Gasteiger charge is 2.25. The summed E-state index contributed by atoms with van der Waals surface area (Å²) in [5.41, 5.74) is -1.47. The van der Waals surface area contributed by atoms with E-state index in [-0.39, 0.29) is 6.79 Å². The molecule has 0 unspecified atom stereocenters. The molecule has 1 N–H and O–H groups in total. The predicted molar refractivity (Wildman–Crippen MR) is 45.1 cm³/mol. The third kappa shape index (κ3) is 6.51. The zero-order valence-corrected chi connectivity index (χ0v) is 8.20. The van der Waals surface area contributed by atoms with Crippen molar-refractivity contribution in [2.24, 2.45) is 0 Å². The van der Waals surface area contributed by atoms with Gasteiger partial charge in [-0.25, -0.2) is 4.79 Å². The van der Waals surface area contributed by atoms with Crippen molar-refractivity contribution < 1.29 is 24.1 Å². The molecule has 0 aromatic carbocycles. The second-order valence-electron chi connectivity index (χ2n) is 3.01. The molecular formula is C8H16O5. The van der Waals surface area contributed by atoms with Crippen molar-refractivity contribution in [3.63, 3.8) is 0 Å². The maximum Gasteiger partial charge on any atom is 0.339 e. The van der Waals surface area contributed by atoms with Crippen LogP contribution in [0.3, 0.4) is 0 Å². The molecule has 0 spiro atoms. The maximum absolute atomic E-state index is 10.9. The number of rotatable bonds is 6. The average molecular weight is 192 g/mol. The summed E-state index contributed by atoms with van der Waals surface area (Å²) in [6, 6.07) is 0. The second kappa shape index (κ2) is 5.90. The van der Waals surface area contributed by atoms with Crippen molar-refractivity contribution in [1.82, 2.24) is 0 Å². The topological polar surface area (TPSA) is 65.0 Å². The molecular weight excluding hydrogens is 176 g/mol. The minimum absolute atomic E-state index is 0.161. The smallest absolute Gasteiger partial charge is 0.339 e. The van der Waals surface area contributed by atoms with Crippen molar-refractivity contribution in [1.29, 1.82) is 0 Å². The highest BCUT2D eigenvalue weighted by molar-refractivity contribution is 5.77. The lowest BCUT2D eigenvalue weighted by Gasteiger charge is -2.15. The number of ether oxygens (including phenoxy) is 3. The van der Waals surface area contributed by atoms with Crippen LogP contribution in [0.15, 0.2) is 0 Å². The summed E-state index contributed by atoms with van der Waals surface area (Å²) < 4.78 is 14.1. The van der Waals surface area contributed by atoms with E-state index in [9.17, 15) is 4.79 Å². The van der Waals surface area contributed by atoms with Crippen LogP contribution in [0, 0.1) is 0 Å². The maximum atomic E-state index is 10.9. The van der Waals surface area contributed by atoms with Crippen LogP contribution in [-0.2, 0) is 19.0 Å². The standard InChI is InChI=1S/C8H16O5/c1-8(2,10)7(9)13-6-12-5-4-11-3/h10H,4-6H2,1-3H3. The van der Waals surface area contributed by atoms with Crippen molar-refractivity contribution in [3.8, 4) is 0 Å². The van der Waals surface area contributed by atoms with E-state index >= 15 is 0 Å². The summed E-state index contributed by atoms with van der Waals surface area (Å²) in [5, 5.41) is 9.13. The Labute approximate surface area is 77.6 Å². The lowest BCUT2D eigenvalue weighted by molar-refractivity contribution is -0.174. The van der Waals surface area contributed by atoms with Gasteiger partial charge in [-0.1, -0.05) is 0 Å². The van der Waals surface area contributed by atoms with E-state index in [0.29, 0.717) is 13.2 Å². The Morgan fingerprint density at radius 3 is 2.46 bits per heavy atom. The summed E-state index contributed by atoms with van der Waals surface area (Å²) in [6.45, 7) is 3.34. The monoisotopic (exact) mass is 192 g/mol. The number of aliphatic hydroxyl groups is 1. The van der Waals surface area contributed by atoms with Crippen molar-refractivity contribution >= 4 is 5.97 Å². The van der Waals surface area contributed by atoms with E-state index in [1.165, 1.54) is 13.8 Å². The van der Waals surface area contributed by atoms with Gasteiger partial charge in [0.2, 0.25) is 0 Å². The molecule has 0 amide bonds. The van der Waals surface area contributed by atoms with Crippen LogP contribution in [-0.4, -0.2) is 43.8 Å². The predicted octanol–water partition coefficient (Wildman–Crippen LogP) is -0.0790. The lowest BCUT2D eigenvalue weighted by atomic mass is 10.1. The minimum atomic E-state index is -1.47. The summed E-state index contributed by atoms with van der Waals surface area (Å²) in [4.78, 5) is 10.9. The lowest BCUT2D eigenvalue weighted by Crippen LogP contribution is -2.33. The molecule has 0 rings (SSSR count). The molecule has 0 saturated heterocycles. The fourth-order valence-electron chi connectivity index (χ4n) is 0.473. The van der Waals surface area contributed by atoms with Crippen LogP contribution in [0.1, 0.15) is 13.8 Å².